The van der Waals surface area contributed by atoms with Crippen molar-refractivity contribution in [2.24, 2.45) is 5.92 Å². The molecule has 0 spiro atoms. The third-order valence-electron chi connectivity index (χ3n) is 4.58. The van der Waals surface area contributed by atoms with Crippen molar-refractivity contribution < 1.29 is 18.3 Å². The van der Waals surface area contributed by atoms with Gasteiger partial charge in [0.2, 0.25) is 10.0 Å². The molecule has 134 valence electrons. The average Bonchev–Trinajstić information content (AvgIpc) is 2.62. The van der Waals surface area contributed by atoms with Gasteiger partial charge in [0.05, 0.1) is 4.90 Å². The number of hydrogen-bond donors (Lipinski definition) is 1. The van der Waals surface area contributed by atoms with Gasteiger partial charge in [0, 0.05) is 38.3 Å². The fourth-order valence-corrected chi connectivity index (χ4v) is 4.51. The SMILES string of the molecule is CCN(CC)S(=O)(=O)c1cccc(C(=O)N2CCC(CO)CC2)c1. The number of hydrogen-bond acceptors (Lipinski definition) is 4. The Balaban J connectivity index is 2.20. The van der Waals surface area contributed by atoms with Crippen LogP contribution in [0.15, 0.2) is 29.2 Å². The van der Waals surface area contributed by atoms with Crippen LogP contribution in [-0.4, -0.2) is 61.4 Å². The predicted molar refractivity (Wildman–Crippen MR) is 92.3 cm³/mol. The Morgan fingerprint density at radius 2 is 1.88 bits per heavy atom. The van der Waals surface area contributed by atoms with Gasteiger partial charge in [0.25, 0.3) is 5.91 Å². The predicted octanol–water partition coefficient (Wildman–Crippen LogP) is 1.56. The van der Waals surface area contributed by atoms with E-state index >= 15 is 0 Å². The van der Waals surface area contributed by atoms with Gasteiger partial charge in [-0.15, -0.1) is 0 Å². The zero-order valence-corrected chi connectivity index (χ0v) is 15.1. The van der Waals surface area contributed by atoms with Gasteiger partial charge < -0.3 is 10.0 Å². The van der Waals surface area contributed by atoms with Gasteiger partial charge in [-0.05, 0) is 37.0 Å². The van der Waals surface area contributed by atoms with Crippen LogP contribution in [0.1, 0.15) is 37.0 Å². The summed E-state index contributed by atoms with van der Waals surface area (Å²) in [5, 5.41) is 9.18. The minimum Gasteiger partial charge on any atom is -0.396 e. The highest BCUT2D eigenvalue weighted by Crippen LogP contribution is 2.21. The number of carbonyl (C=O) groups excluding carboxylic acids is 1. The van der Waals surface area contributed by atoms with Crippen molar-refractivity contribution in [1.29, 1.82) is 0 Å². The number of aliphatic hydroxyl groups excluding tert-OH is 1. The maximum atomic E-state index is 12.6. The van der Waals surface area contributed by atoms with Crippen LogP contribution in [0, 0.1) is 5.92 Å². The van der Waals surface area contributed by atoms with Crippen molar-refractivity contribution in [1.82, 2.24) is 9.21 Å². The Bertz CT molecular complexity index is 663. The fraction of sp³-hybridized carbons (Fsp3) is 0.588. The lowest BCUT2D eigenvalue weighted by atomic mass is 9.97. The molecule has 1 aromatic rings. The Hall–Kier alpha value is -1.44. The molecule has 6 nitrogen and oxygen atoms in total. The van der Waals surface area contributed by atoms with Crippen molar-refractivity contribution in [2.75, 3.05) is 32.8 Å². The molecule has 1 heterocycles. The molecule has 1 N–H and O–H groups in total. The van der Waals surface area contributed by atoms with E-state index in [9.17, 15) is 18.3 Å². The molecule has 1 aliphatic rings. The van der Waals surface area contributed by atoms with Gasteiger partial charge in [0.15, 0.2) is 0 Å². The van der Waals surface area contributed by atoms with Crippen LogP contribution < -0.4 is 0 Å². The smallest absolute Gasteiger partial charge is 0.253 e. The van der Waals surface area contributed by atoms with E-state index in [0.29, 0.717) is 31.7 Å². The van der Waals surface area contributed by atoms with Crippen LogP contribution in [0.4, 0.5) is 0 Å². The van der Waals surface area contributed by atoms with E-state index < -0.39 is 10.0 Å². The molecule has 7 heteroatoms. The summed E-state index contributed by atoms with van der Waals surface area (Å²) in [4.78, 5) is 14.5. The molecule has 0 saturated carbocycles. The maximum Gasteiger partial charge on any atom is 0.253 e. The summed E-state index contributed by atoms with van der Waals surface area (Å²) in [5.74, 6) is 0.103. The van der Waals surface area contributed by atoms with Crippen LogP contribution in [-0.2, 0) is 10.0 Å². The van der Waals surface area contributed by atoms with Crippen LogP contribution in [0.3, 0.4) is 0 Å². The summed E-state index contributed by atoms with van der Waals surface area (Å²) in [6, 6.07) is 6.27. The molecule has 1 aliphatic heterocycles. The van der Waals surface area contributed by atoms with Crippen LogP contribution in [0.5, 0.6) is 0 Å². The third kappa shape index (κ3) is 3.96. The van der Waals surface area contributed by atoms with Gasteiger partial charge >= 0.3 is 0 Å². The summed E-state index contributed by atoms with van der Waals surface area (Å²) in [6.45, 7) is 5.72. The lowest BCUT2D eigenvalue weighted by Crippen LogP contribution is -2.39. The molecular weight excluding hydrogens is 328 g/mol. The largest absolute Gasteiger partial charge is 0.396 e. The number of piperidine rings is 1. The summed E-state index contributed by atoms with van der Waals surface area (Å²) in [7, 11) is -3.57. The molecule has 24 heavy (non-hydrogen) atoms. The first kappa shape index (κ1) is 18.9. The van der Waals surface area contributed by atoms with E-state index in [0.717, 1.165) is 12.8 Å². The van der Waals surface area contributed by atoms with Gasteiger partial charge in [-0.25, -0.2) is 8.42 Å². The Labute approximate surface area is 144 Å². The maximum absolute atomic E-state index is 12.6. The lowest BCUT2D eigenvalue weighted by Gasteiger charge is -2.31. The number of aliphatic hydroxyl groups is 1. The minimum absolute atomic E-state index is 0.150. The Morgan fingerprint density at radius 1 is 1.25 bits per heavy atom. The molecule has 2 rings (SSSR count). The molecule has 0 bridgehead atoms. The van der Waals surface area contributed by atoms with Gasteiger partial charge in [0.1, 0.15) is 0 Å². The van der Waals surface area contributed by atoms with Crippen molar-refractivity contribution in [3.8, 4) is 0 Å². The third-order valence-corrected chi connectivity index (χ3v) is 6.63. The number of rotatable bonds is 6. The topological polar surface area (TPSA) is 77.9 Å². The van der Waals surface area contributed by atoms with Crippen molar-refractivity contribution >= 4 is 15.9 Å². The van der Waals surface area contributed by atoms with Gasteiger partial charge in [-0.1, -0.05) is 19.9 Å². The normalized spacial score (nSPS) is 16.6. The number of benzene rings is 1. The molecule has 1 saturated heterocycles. The molecule has 0 radical (unpaired) electrons. The minimum atomic E-state index is -3.57. The van der Waals surface area contributed by atoms with Crippen molar-refractivity contribution in [2.45, 2.75) is 31.6 Å². The molecule has 0 aliphatic carbocycles. The second kappa shape index (κ2) is 8.09. The second-order valence-electron chi connectivity index (χ2n) is 6.04. The van der Waals surface area contributed by atoms with Crippen LogP contribution >= 0.6 is 0 Å². The first-order valence-electron chi connectivity index (χ1n) is 8.44. The van der Waals surface area contributed by atoms with E-state index in [-0.39, 0.29) is 23.3 Å². The lowest BCUT2D eigenvalue weighted by molar-refractivity contribution is 0.0650. The highest BCUT2D eigenvalue weighted by atomic mass is 32.2. The average molecular weight is 354 g/mol. The van der Waals surface area contributed by atoms with E-state index in [1.165, 1.54) is 16.4 Å². The number of carbonyl (C=O) groups is 1. The number of sulfonamides is 1. The quantitative estimate of drug-likeness (QED) is 0.841. The molecule has 1 amide bonds. The van der Waals surface area contributed by atoms with E-state index in [1.54, 1.807) is 30.9 Å². The highest BCUT2D eigenvalue weighted by molar-refractivity contribution is 7.89. The Morgan fingerprint density at radius 3 is 2.42 bits per heavy atom. The molecule has 0 unspecified atom stereocenters. The zero-order chi connectivity index (χ0) is 17.7. The van der Waals surface area contributed by atoms with Crippen LogP contribution in [0.25, 0.3) is 0 Å². The number of amides is 1. The Kier molecular flexibility index (Phi) is 6.37. The summed E-state index contributed by atoms with van der Waals surface area (Å²) < 4.78 is 26.6. The van der Waals surface area contributed by atoms with Crippen molar-refractivity contribution in [3.05, 3.63) is 29.8 Å². The number of likely N-dealkylation sites (tertiary alicyclic amines) is 1. The first-order valence-corrected chi connectivity index (χ1v) is 9.88. The van der Waals surface area contributed by atoms with E-state index in [2.05, 4.69) is 0 Å². The number of nitrogens with zero attached hydrogens (tertiary/aromatic N) is 2. The highest BCUT2D eigenvalue weighted by Gasteiger charge is 2.26. The second-order valence-corrected chi connectivity index (χ2v) is 7.97. The standard InChI is InChI=1S/C17H26N2O4S/c1-3-19(4-2)24(22,23)16-7-5-6-15(12-16)17(21)18-10-8-14(13-20)9-11-18/h5-7,12,14,20H,3-4,8-11,13H2,1-2H3. The van der Waals surface area contributed by atoms with Crippen molar-refractivity contribution in [3.63, 3.8) is 0 Å². The molecular formula is C17H26N2O4S. The zero-order valence-electron chi connectivity index (χ0n) is 14.3. The summed E-state index contributed by atoms with van der Waals surface area (Å²) in [6.07, 6.45) is 1.55. The van der Waals surface area contributed by atoms with E-state index in [4.69, 9.17) is 0 Å². The fourth-order valence-electron chi connectivity index (χ4n) is 3.00. The molecule has 1 aromatic carbocycles. The van der Waals surface area contributed by atoms with Crippen LogP contribution in [0.2, 0.25) is 0 Å². The first-order chi connectivity index (χ1) is 11.4. The summed E-state index contributed by atoms with van der Waals surface area (Å²) >= 11 is 0. The monoisotopic (exact) mass is 354 g/mol. The molecule has 1 fully saturated rings. The summed E-state index contributed by atoms with van der Waals surface area (Å²) in [5.41, 5.74) is 0.394. The van der Waals surface area contributed by atoms with E-state index in [1.807, 2.05) is 0 Å². The molecule has 0 atom stereocenters. The van der Waals surface area contributed by atoms with Gasteiger partial charge in [-0.3, -0.25) is 4.79 Å². The molecule has 0 aromatic heterocycles. The van der Waals surface area contributed by atoms with Gasteiger partial charge in [-0.2, -0.15) is 4.31 Å².